The zero-order valence-electron chi connectivity index (χ0n) is 14.2. The van der Waals surface area contributed by atoms with Crippen LogP contribution < -0.4 is 11.1 Å². The van der Waals surface area contributed by atoms with Gasteiger partial charge in [-0.25, -0.2) is 4.98 Å². The molecular formula is C17H23FN4O2. The number of hydrogen-bond donors (Lipinski definition) is 2. The SMILES string of the molecule is CC=C1CCC(N2C(=O)c3ccc(F)nc3C2C)C(=O)N1.CCN. The second kappa shape index (κ2) is 7.53. The van der Waals surface area contributed by atoms with Crippen molar-refractivity contribution in [3.8, 4) is 0 Å². The molecule has 1 aromatic rings. The van der Waals surface area contributed by atoms with Gasteiger partial charge in [0.05, 0.1) is 17.3 Å². The van der Waals surface area contributed by atoms with Gasteiger partial charge in [0, 0.05) is 5.70 Å². The molecule has 0 bridgehead atoms. The van der Waals surface area contributed by atoms with Crippen LogP contribution in [0.5, 0.6) is 0 Å². The number of nitrogens with zero attached hydrogens (tertiary/aromatic N) is 2. The maximum absolute atomic E-state index is 13.3. The first-order valence-electron chi connectivity index (χ1n) is 8.09. The molecule has 2 aliphatic rings. The Morgan fingerprint density at radius 2 is 2.12 bits per heavy atom. The molecule has 130 valence electrons. The first kappa shape index (κ1) is 18.1. The highest BCUT2D eigenvalue weighted by Gasteiger charge is 2.43. The molecular weight excluding hydrogens is 311 g/mol. The Labute approximate surface area is 140 Å². The molecule has 6 nitrogen and oxygen atoms in total. The van der Waals surface area contributed by atoms with E-state index in [1.165, 1.54) is 17.0 Å². The topological polar surface area (TPSA) is 88.3 Å². The third-order valence-electron chi connectivity index (χ3n) is 4.13. The second-order valence-corrected chi connectivity index (χ2v) is 5.72. The van der Waals surface area contributed by atoms with Crippen molar-refractivity contribution in [3.63, 3.8) is 0 Å². The molecule has 0 radical (unpaired) electrons. The van der Waals surface area contributed by atoms with E-state index in [9.17, 15) is 14.0 Å². The van der Waals surface area contributed by atoms with E-state index in [1.54, 1.807) is 6.92 Å². The number of amides is 2. The van der Waals surface area contributed by atoms with Crippen molar-refractivity contribution < 1.29 is 14.0 Å². The molecule has 0 saturated carbocycles. The first-order chi connectivity index (χ1) is 11.4. The highest BCUT2D eigenvalue weighted by Crippen LogP contribution is 2.35. The van der Waals surface area contributed by atoms with Crippen molar-refractivity contribution in [2.45, 2.75) is 45.7 Å². The number of carbonyl (C=O) groups excluding carboxylic acids is 2. The van der Waals surface area contributed by atoms with Crippen LogP contribution in [0.3, 0.4) is 0 Å². The quantitative estimate of drug-likeness (QED) is 0.768. The zero-order chi connectivity index (χ0) is 17.9. The molecule has 0 aliphatic carbocycles. The van der Waals surface area contributed by atoms with Crippen LogP contribution >= 0.6 is 0 Å². The highest BCUT2D eigenvalue weighted by molar-refractivity contribution is 6.01. The van der Waals surface area contributed by atoms with E-state index in [0.717, 1.165) is 12.2 Å². The summed E-state index contributed by atoms with van der Waals surface area (Å²) in [5.74, 6) is -1.06. The van der Waals surface area contributed by atoms with E-state index in [1.807, 2.05) is 19.9 Å². The fraction of sp³-hybridized carbons (Fsp3) is 0.471. The van der Waals surface area contributed by atoms with Gasteiger partial charge in [-0.15, -0.1) is 0 Å². The lowest BCUT2D eigenvalue weighted by atomic mass is 10.0. The van der Waals surface area contributed by atoms with Crippen LogP contribution in [0.2, 0.25) is 0 Å². The molecule has 2 aliphatic heterocycles. The summed E-state index contributed by atoms with van der Waals surface area (Å²) in [4.78, 5) is 30.0. The number of fused-ring (bicyclic) bond motifs is 1. The predicted molar refractivity (Wildman–Crippen MR) is 88.4 cm³/mol. The van der Waals surface area contributed by atoms with Crippen molar-refractivity contribution in [1.82, 2.24) is 15.2 Å². The van der Waals surface area contributed by atoms with E-state index in [0.29, 0.717) is 24.1 Å². The van der Waals surface area contributed by atoms with E-state index in [-0.39, 0.29) is 11.8 Å². The van der Waals surface area contributed by atoms with Gasteiger partial charge < -0.3 is 16.0 Å². The van der Waals surface area contributed by atoms with Gasteiger partial charge in [-0.05, 0) is 45.4 Å². The van der Waals surface area contributed by atoms with Crippen LogP contribution in [-0.4, -0.2) is 34.3 Å². The lowest BCUT2D eigenvalue weighted by Gasteiger charge is -2.34. The van der Waals surface area contributed by atoms with Crippen LogP contribution in [-0.2, 0) is 4.79 Å². The second-order valence-electron chi connectivity index (χ2n) is 5.72. The van der Waals surface area contributed by atoms with E-state index >= 15 is 0 Å². The Morgan fingerprint density at radius 3 is 2.71 bits per heavy atom. The maximum atomic E-state index is 13.3. The van der Waals surface area contributed by atoms with Crippen LogP contribution in [0.1, 0.15) is 55.7 Å². The number of aromatic nitrogens is 1. The third-order valence-corrected chi connectivity index (χ3v) is 4.13. The number of piperidine rings is 1. The largest absolute Gasteiger partial charge is 0.331 e. The molecule has 7 heteroatoms. The Bertz CT molecular complexity index is 675. The molecule has 1 saturated heterocycles. The lowest BCUT2D eigenvalue weighted by Crippen LogP contribution is -2.50. The number of halogens is 1. The van der Waals surface area contributed by atoms with Gasteiger partial charge in [-0.1, -0.05) is 13.0 Å². The Balaban J connectivity index is 0.000000647. The van der Waals surface area contributed by atoms with E-state index < -0.39 is 18.0 Å². The van der Waals surface area contributed by atoms with Crippen LogP contribution in [0.25, 0.3) is 0 Å². The van der Waals surface area contributed by atoms with Gasteiger partial charge in [0.25, 0.3) is 5.91 Å². The Morgan fingerprint density at radius 1 is 1.46 bits per heavy atom. The third kappa shape index (κ3) is 3.31. The average Bonchev–Trinajstić information content (AvgIpc) is 2.79. The standard InChI is InChI=1S/C15H16FN3O2.C2H7N/c1-3-9-4-6-11(14(20)17-9)19-8(2)13-10(15(19)21)5-7-12(16)18-13;1-2-3/h3,5,7-8,11H,4,6H2,1-2H3,(H,17,20);2-3H2,1H3. The molecule has 0 spiro atoms. The van der Waals surface area contributed by atoms with Crippen LogP contribution in [0, 0.1) is 5.95 Å². The molecule has 3 heterocycles. The molecule has 1 aromatic heterocycles. The number of pyridine rings is 1. The number of hydrogen-bond acceptors (Lipinski definition) is 4. The van der Waals surface area contributed by atoms with Crippen molar-refractivity contribution in [3.05, 3.63) is 41.1 Å². The summed E-state index contributed by atoms with van der Waals surface area (Å²) in [6.07, 6.45) is 3.13. The van der Waals surface area contributed by atoms with Crippen molar-refractivity contribution in [2.75, 3.05) is 6.54 Å². The molecule has 2 atom stereocenters. The summed E-state index contributed by atoms with van der Waals surface area (Å²) in [5, 5.41) is 2.81. The van der Waals surface area contributed by atoms with Crippen molar-refractivity contribution >= 4 is 11.8 Å². The molecule has 2 unspecified atom stereocenters. The van der Waals surface area contributed by atoms with Crippen molar-refractivity contribution in [2.24, 2.45) is 5.73 Å². The van der Waals surface area contributed by atoms with Gasteiger partial charge in [-0.3, -0.25) is 9.59 Å². The van der Waals surface area contributed by atoms with Crippen molar-refractivity contribution in [1.29, 1.82) is 0 Å². The molecule has 1 fully saturated rings. The summed E-state index contributed by atoms with van der Waals surface area (Å²) in [5.41, 5.74) is 6.51. The average molecular weight is 334 g/mol. The molecule has 0 aromatic carbocycles. The van der Waals surface area contributed by atoms with Gasteiger partial charge in [0.15, 0.2) is 0 Å². The summed E-state index contributed by atoms with van der Waals surface area (Å²) in [6.45, 7) is 6.29. The summed E-state index contributed by atoms with van der Waals surface area (Å²) in [6, 6.07) is 1.68. The molecule has 2 amide bonds. The number of nitrogens with two attached hydrogens (primary N) is 1. The Kier molecular flexibility index (Phi) is 5.66. The van der Waals surface area contributed by atoms with E-state index in [4.69, 9.17) is 5.73 Å². The number of carbonyl (C=O) groups is 2. The zero-order valence-corrected chi connectivity index (χ0v) is 14.2. The minimum Gasteiger partial charge on any atom is -0.331 e. The first-order valence-corrected chi connectivity index (χ1v) is 8.09. The normalized spacial score (nSPS) is 24.4. The molecule has 24 heavy (non-hydrogen) atoms. The molecule has 3 N–H and O–H groups in total. The van der Waals surface area contributed by atoms with Crippen LogP contribution in [0.15, 0.2) is 23.9 Å². The minimum atomic E-state index is -0.612. The smallest absolute Gasteiger partial charge is 0.257 e. The molecule has 3 rings (SSSR count). The van der Waals surface area contributed by atoms with Gasteiger partial charge in [0.2, 0.25) is 11.9 Å². The van der Waals surface area contributed by atoms with Gasteiger partial charge in [-0.2, -0.15) is 4.39 Å². The van der Waals surface area contributed by atoms with Gasteiger partial charge in [0.1, 0.15) is 6.04 Å². The number of nitrogens with one attached hydrogen (secondary N) is 1. The summed E-state index contributed by atoms with van der Waals surface area (Å²) >= 11 is 0. The van der Waals surface area contributed by atoms with Gasteiger partial charge >= 0.3 is 0 Å². The lowest BCUT2D eigenvalue weighted by molar-refractivity contribution is -0.126. The number of allylic oxidation sites excluding steroid dienone is 2. The maximum Gasteiger partial charge on any atom is 0.257 e. The number of rotatable bonds is 1. The van der Waals surface area contributed by atoms with E-state index in [2.05, 4.69) is 10.3 Å². The fourth-order valence-electron chi connectivity index (χ4n) is 3.02. The fourth-order valence-corrected chi connectivity index (χ4v) is 3.02. The summed E-state index contributed by atoms with van der Waals surface area (Å²) in [7, 11) is 0. The predicted octanol–water partition coefficient (Wildman–Crippen LogP) is 1.88. The summed E-state index contributed by atoms with van der Waals surface area (Å²) < 4.78 is 13.3. The van der Waals surface area contributed by atoms with Crippen LogP contribution in [0.4, 0.5) is 4.39 Å². The minimum absolute atomic E-state index is 0.192. The highest BCUT2D eigenvalue weighted by atomic mass is 19.1. The Hall–Kier alpha value is -2.28. The monoisotopic (exact) mass is 334 g/mol.